The third-order valence-corrected chi connectivity index (χ3v) is 2.33. The zero-order valence-electron chi connectivity index (χ0n) is 9.46. The molecular weight excluding hydrogens is 192 g/mol. The SMILES string of the molecule is CCC(=O)CCCCC(=O)CCCC=O. The van der Waals surface area contributed by atoms with Crippen molar-refractivity contribution in [2.45, 2.75) is 58.3 Å². The number of unbranched alkanes of at least 4 members (excludes halogenated alkanes) is 2. The number of ketones is 2. The molecule has 0 aliphatic carbocycles. The first-order valence-corrected chi connectivity index (χ1v) is 5.67. The molecule has 3 heteroatoms. The molecule has 0 N–H and O–H groups in total. The summed E-state index contributed by atoms with van der Waals surface area (Å²) in [6, 6.07) is 0. The second-order valence-corrected chi connectivity index (χ2v) is 3.70. The van der Waals surface area contributed by atoms with Crippen LogP contribution in [0, 0.1) is 0 Å². The topological polar surface area (TPSA) is 51.2 Å². The molecule has 15 heavy (non-hydrogen) atoms. The van der Waals surface area contributed by atoms with Gasteiger partial charge in [0.1, 0.15) is 17.9 Å². The number of Topliss-reactive ketones (excluding diaryl/α,β-unsaturated/α-hetero) is 2. The summed E-state index contributed by atoms with van der Waals surface area (Å²) in [5, 5.41) is 0. The highest BCUT2D eigenvalue weighted by Crippen LogP contribution is 2.06. The Morgan fingerprint density at radius 1 is 0.933 bits per heavy atom. The van der Waals surface area contributed by atoms with E-state index in [0.29, 0.717) is 38.5 Å². The van der Waals surface area contributed by atoms with Gasteiger partial charge in [-0.3, -0.25) is 9.59 Å². The van der Waals surface area contributed by atoms with Crippen LogP contribution < -0.4 is 0 Å². The lowest BCUT2D eigenvalue weighted by molar-refractivity contribution is -0.121. The van der Waals surface area contributed by atoms with Crippen molar-refractivity contribution in [3.63, 3.8) is 0 Å². The number of rotatable bonds is 10. The van der Waals surface area contributed by atoms with Gasteiger partial charge in [-0.25, -0.2) is 0 Å². The summed E-state index contributed by atoms with van der Waals surface area (Å²) in [5.41, 5.74) is 0. The Kier molecular flexibility index (Phi) is 8.93. The fourth-order valence-electron chi connectivity index (χ4n) is 1.33. The molecule has 3 nitrogen and oxygen atoms in total. The van der Waals surface area contributed by atoms with E-state index in [2.05, 4.69) is 0 Å². The quantitative estimate of drug-likeness (QED) is 0.413. The zero-order valence-corrected chi connectivity index (χ0v) is 9.46. The van der Waals surface area contributed by atoms with Gasteiger partial charge in [0, 0.05) is 32.1 Å². The van der Waals surface area contributed by atoms with Crippen LogP contribution in [0.25, 0.3) is 0 Å². The molecule has 0 unspecified atom stereocenters. The fourth-order valence-corrected chi connectivity index (χ4v) is 1.33. The van der Waals surface area contributed by atoms with Crippen molar-refractivity contribution in [3.8, 4) is 0 Å². The summed E-state index contributed by atoms with van der Waals surface area (Å²) in [6.07, 6.45) is 5.82. The van der Waals surface area contributed by atoms with E-state index in [1.54, 1.807) is 0 Å². The van der Waals surface area contributed by atoms with E-state index in [0.717, 1.165) is 19.1 Å². The van der Waals surface area contributed by atoms with Crippen LogP contribution in [0.3, 0.4) is 0 Å². The van der Waals surface area contributed by atoms with Crippen LogP contribution in [0.2, 0.25) is 0 Å². The van der Waals surface area contributed by atoms with Crippen molar-refractivity contribution in [2.24, 2.45) is 0 Å². The maximum Gasteiger partial charge on any atom is 0.132 e. The predicted molar refractivity (Wildman–Crippen MR) is 58.7 cm³/mol. The zero-order chi connectivity index (χ0) is 11.5. The van der Waals surface area contributed by atoms with Crippen LogP contribution in [0.15, 0.2) is 0 Å². The predicted octanol–water partition coefficient (Wildman–Crippen LogP) is 2.46. The summed E-state index contributed by atoms with van der Waals surface area (Å²) in [4.78, 5) is 32.2. The van der Waals surface area contributed by atoms with E-state index >= 15 is 0 Å². The van der Waals surface area contributed by atoms with Crippen LogP contribution >= 0.6 is 0 Å². The summed E-state index contributed by atoms with van der Waals surface area (Å²) < 4.78 is 0. The highest BCUT2D eigenvalue weighted by atomic mass is 16.1. The average molecular weight is 212 g/mol. The molecule has 0 bridgehead atoms. The van der Waals surface area contributed by atoms with Gasteiger partial charge in [0.05, 0.1) is 0 Å². The van der Waals surface area contributed by atoms with Crippen molar-refractivity contribution in [1.82, 2.24) is 0 Å². The molecule has 0 amide bonds. The Balaban J connectivity index is 3.31. The lowest BCUT2D eigenvalue weighted by Crippen LogP contribution is -1.99. The molecule has 0 rings (SSSR count). The van der Waals surface area contributed by atoms with Gasteiger partial charge >= 0.3 is 0 Å². The Morgan fingerprint density at radius 3 is 2.00 bits per heavy atom. The number of hydrogen-bond donors (Lipinski definition) is 0. The first-order chi connectivity index (χ1) is 7.20. The minimum Gasteiger partial charge on any atom is -0.303 e. The molecule has 0 aromatic carbocycles. The molecule has 0 atom stereocenters. The van der Waals surface area contributed by atoms with Crippen LogP contribution in [-0.2, 0) is 14.4 Å². The second kappa shape index (κ2) is 9.56. The first kappa shape index (κ1) is 14.0. The van der Waals surface area contributed by atoms with Gasteiger partial charge in [-0.2, -0.15) is 0 Å². The summed E-state index contributed by atoms with van der Waals surface area (Å²) in [6.45, 7) is 1.85. The van der Waals surface area contributed by atoms with E-state index < -0.39 is 0 Å². The minimum absolute atomic E-state index is 0.209. The van der Waals surface area contributed by atoms with Crippen molar-refractivity contribution in [3.05, 3.63) is 0 Å². The average Bonchev–Trinajstić information content (AvgIpc) is 2.24. The summed E-state index contributed by atoms with van der Waals surface area (Å²) >= 11 is 0. The molecule has 0 saturated heterocycles. The first-order valence-electron chi connectivity index (χ1n) is 5.67. The Hall–Kier alpha value is -0.990. The standard InChI is InChI=1S/C12H20O3/c1-2-11(14)7-3-4-8-12(15)9-5-6-10-13/h10H,2-9H2,1H3. The maximum absolute atomic E-state index is 11.2. The molecule has 0 aliphatic rings. The van der Waals surface area contributed by atoms with Gasteiger partial charge in [-0.05, 0) is 19.3 Å². The summed E-state index contributed by atoms with van der Waals surface area (Å²) in [5.74, 6) is 0.476. The van der Waals surface area contributed by atoms with E-state index in [1.807, 2.05) is 6.92 Å². The fraction of sp³-hybridized carbons (Fsp3) is 0.750. The van der Waals surface area contributed by atoms with Crippen LogP contribution in [0.4, 0.5) is 0 Å². The highest BCUT2D eigenvalue weighted by molar-refractivity contribution is 5.79. The van der Waals surface area contributed by atoms with Crippen LogP contribution in [0.5, 0.6) is 0 Å². The van der Waals surface area contributed by atoms with Crippen molar-refractivity contribution in [2.75, 3.05) is 0 Å². The molecule has 0 aliphatic heterocycles. The highest BCUT2D eigenvalue weighted by Gasteiger charge is 2.03. The van der Waals surface area contributed by atoms with Gasteiger partial charge in [0.15, 0.2) is 0 Å². The molecule has 0 fully saturated rings. The largest absolute Gasteiger partial charge is 0.303 e. The summed E-state index contributed by atoms with van der Waals surface area (Å²) in [7, 11) is 0. The van der Waals surface area contributed by atoms with Gasteiger partial charge in [0.2, 0.25) is 0 Å². The smallest absolute Gasteiger partial charge is 0.132 e. The van der Waals surface area contributed by atoms with E-state index in [4.69, 9.17) is 0 Å². The lowest BCUT2D eigenvalue weighted by atomic mass is 10.1. The van der Waals surface area contributed by atoms with Crippen molar-refractivity contribution in [1.29, 1.82) is 0 Å². The van der Waals surface area contributed by atoms with Gasteiger partial charge in [0.25, 0.3) is 0 Å². The van der Waals surface area contributed by atoms with Gasteiger partial charge < -0.3 is 4.79 Å². The monoisotopic (exact) mass is 212 g/mol. The molecule has 0 spiro atoms. The number of carbonyl (C=O) groups excluding carboxylic acids is 3. The van der Waals surface area contributed by atoms with Crippen LogP contribution in [-0.4, -0.2) is 17.9 Å². The minimum atomic E-state index is 0.209. The Bertz CT molecular complexity index is 209. The Labute approximate surface area is 91.2 Å². The molecule has 0 aromatic rings. The van der Waals surface area contributed by atoms with Crippen molar-refractivity contribution < 1.29 is 14.4 Å². The van der Waals surface area contributed by atoms with Gasteiger partial charge in [-0.1, -0.05) is 6.92 Å². The van der Waals surface area contributed by atoms with E-state index in [1.165, 1.54) is 0 Å². The van der Waals surface area contributed by atoms with E-state index in [9.17, 15) is 14.4 Å². The molecule has 0 aromatic heterocycles. The molecule has 0 heterocycles. The van der Waals surface area contributed by atoms with Gasteiger partial charge in [-0.15, -0.1) is 0 Å². The molecule has 0 radical (unpaired) electrons. The lowest BCUT2D eigenvalue weighted by Gasteiger charge is -1.99. The normalized spacial score (nSPS) is 9.93. The Morgan fingerprint density at radius 2 is 1.47 bits per heavy atom. The molecule has 86 valence electrons. The third-order valence-electron chi connectivity index (χ3n) is 2.33. The second-order valence-electron chi connectivity index (χ2n) is 3.70. The van der Waals surface area contributed by atoms with Crippen LogP contribution in [0.1, 0.15) is 58.3 Å². The maximum atomic E-state index is 11.2. The number of hydrogen-bond acceptors (Lipinski definition) is 3. The van der Waals surface area contributed by atoms with E-state index in [-0.39, 0.29) is 11.6 Å². The molecule has 0 saturated carbocycles. The molecular formula is C12H20O3. The third kappa shape index (κ3) is 9.32. The van der Waals surface area contributed by atoms with Crippen molar-refractivity contribution >= 4 is 17.9 Å². The number of carbonyl (C=O) groups is 3. The number of aldehydes is 1.